The molecular formula is C16H16BrCl2NO. The number of hydrogen-bond acceptors (Lipinski definition) is 2. The van der Waals surface area contributed by atoms with Crippen molar-refractivity contribution >= 4 is 39.1 Å². The van der Waals surface area contributed by atoms with Crippen LogP contribution in [0.15, 0.2) is 40.9 Å². The zero-order valence-electron chi connectivity index (χ0n) is 11.6. The van der Waals surface area contributed by atoms with Crippen LogP contribution in [0.4, 0.5) is 0 Å². The van der Waals surface area contributed by atoms with E-state index in [0.717, 1.165) is 28.8 Å². The van der Waals surface area contributed by atoms with Crippen LogP contribution >= 0.6 is 39.1 Å². The van der Waals surface area contributed by atoms with Crippen LogP contribution in [-0.4, -0.2) is 6.54 Å². The van der Waals surface area contributed by atoms with Gasteiger partial charge in [0.2, 0.25) is 0 Å². The molecule has 2 nitrogen and oxygen atoms in total. The second kappa shape index (κ2) is 8.04. The van der Waals surface area contributed by atoms with Crippen molar-refractivity contribution in [2.45, 2.75) is 19.9 Å². The fourth-order valence-corrected chi connectivity index (χ4v) is 2.55. The fraction of sp³-hybridized carbons (Fsp3) is 0.250. The Bertz CT molecular complexity index is 619. The lowest BCUT2D eigenvalue weighted by atomic mass is 10.2. The average molecular weight is 389 g/mol. The first-order chi connectivity index (χ1) is 10.1. The van der Waals surface area contributed by atoms with E-state index in [1.807, 2.05) is 30.3 Å². The molecule has 0 heterocycles. The number of ether oxygens (including phenoxy) is 1. The Morgan fingerprint density at radius 3 is 2.67 bits per heavy atom. The first kappa shape index (κ1) is 16.6. The van der Waals surface area contributed by atoms with Crippen molar-refractivity contribution in [1.29, 1.82) is 0 Å². The quantitative estimate of drug-likeness (QED) is 0.608. The first-order valence-electron chi connectivity index (χ1n) is 6.72. The predicted octanol–water partition coefficient (Wildman–Crippen LogP) is 6.05. The van der Waals surface area contributed by atoms with Gasteiger partial charge in [-0.2, -0.15) is 0 Å². The van der Waals surface area contributed by atoms with Gasteiger partial charge in [0, 0.05) is 21.6 Å². The molecule has 1 N–H and O–H groups in total. The molecule has 0 aliphatic heterocycles. The monoisotopic (exact) mass is 387 g/mol. The second-order valence-corrected chi connectivity index (χ2v) is 6.36. The van der Waals surface area contributed by atoms with Gasteiger partial charge in [-0.3, -0.25) is 0 Å². The number of benzene rings is 2. The van der Waals surface area contributed by atoms with Gasteiger partial charge >= 0.3 is 0 Å². The molecule has 0 fully saturated rings. The van der Waals surface area contributed by atoms with E-state index in [1.165, 1.54) is 0 Å². The standard InChI is InChI=1S/C16H16BrCl2NO/c1-2-7-20-10-11-8-13(18)4-6-15(11)21-16-9-12(17)3-5-14(16)19/h3-6,8-9,20H,2,7,10H2,1H3. The van der Waals surface area contributed by atoms with Gasteiger partial charge in [0.05, 0.1) is 5.02 Å². The smallest absolute Gasteiger partial charge is 0.147 e. The molecule has 0 spiro atoms. The minimum atomic E-state index is 0.570. The van der Waals surface area contributed by atoms with Gasteiger partial charge < -0.3 is 10.1 Å². The van der Waals surface area contributed by atoms with Crippen molar-refractivity contribution in [2.75, 3.05) is 6.54 Å². The molecule has 2 rings (SSSR count). The molecule has 0 aromatic heterocycles. The number of rotatable bonds is 6. The first-order valence-corrected chi connectivity index (χ1v) is 8.27. The Morgan fingerprint density at radius 1 is 1.10 bits per heavy atom. The maximum Gasteiger partial charge on any atom is 0.147 e. The Labute approximate surface area is 143 Å². The summed E-state index contributed by atoms with van der Waals surface area (Å²) in [6.45, 7) is 3.78. The van der Waals surface area contributed by atoms with Gasteiger partial charge in [0.25, 0.3) is 0 Å². The van der Waals surface area contributed by atoms with E-state index < -0.39 is 0 Å². The molecule has 21 heavy (non-hydrogen) atoms. The van der Waals surface area contributed by atoms with E-state index in [0.29, 0.717) is 22.3 Å². The zero-order valence-corrected chi connectivity index (χ0v) is 14.7. The van der Waals surface area contributed by atoms with Crippen LogP contribution in [0.1, 0.15) is 18.9 Å². The van der Waals surface area contributed by atoms with Crippen molar-refractivity contribution in [2.24, 2.45) is 0 Å². The van der Waals surface area contributed by atoms with E-state index in [2.05, 4.69) is 28.2 Å². The molecule has 0 amide bonds. The highest BCUT2D eigenvalue weighted by Gasteiger charge is 2.09. The van der Waals surface area contributed by atoms with Crippen molar-refractivity contribution in [1.82, 2.24) is 5.32 Å². The summed E-state index contributed by atoms with van der Waals surface area (Å²) >= 11 is 15.7. The summed E-state index contributed by atoms with van der Waals surface area (Å²) in [5, 5.41) is 4.61. The highest BCUT2D eigenvalue weighted by Crippen LogP contribution is 2.34. The van der Waals surface area contributed by atoms with Crippen LogP contribution in [0.3, 0.4) is 0 Å². The number of hydrogen-bond donors (Lipinski definition) is 1. The molecule has 0 aliphatic rings. The largest absolute Gasteiger partial charge is 0.455 e. The fourth-order valence-electron chi connectivity index (χ4n) is 1.86. The van der Waals surface area contributed by atoms with Crippen LogP contribution in [0.25, 0.3) is 0 Å². The van der Waals surface area contributed by atoms with Gasteiger partial charge in [0.15, 0.2) is 0 Å². The molecule has 112 valence electrons. The maximum absolute atomic E-state index is 6.17. The Kier molecular flexibility index (Phi) is 6.37. The van der Waals surface area contributed by atoms with E-state index in [9.17, 15) is 0 Å². The summed E-state index contributed by atoms with van der Waals surface area (Å²) in [6.07, 6.45) is 1.08. The Hall–Kier alpha value is -0.740. The van der Waals surface area contributed by atoms with Gasteiger partial charge in [-0.15, -0.1) is 0 Å². The second-order valence-electron chi connectivity index (χ2n) is 4.61. The maximum atomic E-state index is 6.17. The van der Waals surface area contributed by atoms with Gasteiger partial charge in [-0.1, -0.05) is 46.1 Å². The normalized spacial score (nSPS) is 10.7. The van der Waals surface area contributed by atoms with Crippen molar-refractivity contribution < 1.29 is 4.74 Å². The average Bonchev–Trinajstić information content (AvgIpc) is 2.46. The summed E-state index contributed by atoms with van der Waals surface area (Å²) in [5.74, 6) is 1.37. The van der Waals surface area contributed by atoms with Crippen LogP contribution in [0.2, 0.25) is 10.0 Å². The lowest BCUT2D eigenvalue weighted by Crippen LogP contribution is -2.14. The SMILES string of the molecule is CCCNCc1cc(Cl)ccc1Oc1cc(Br)ccc1Cl. The molecule has 5 heteroatoms. The summed E-state index contributed by atoms with van der Waals surface area (Å²) in [5.41, 5.74) is 1.01. The predicted molar refractivity (Wildman–Crippen MR) is 92.7 cm³/mol. The third-order valence-electron chi connectivity index (χ3n) is 2.88. The highest BCUT2D eigenvalue weighted by molar-refractivity contribution is 9.10. The number of halogens is 3. The van der Waals surface area contributed by atoms with Crippen LogP contribution in [-0.2, 0) is 6.54 Å². The van der Waals surface area contributed by atoms with Crippen LogP contribution in [0.5, 0.6) is 11.5 Å². The minimum Gasteiger partial charge on any atom is -0.455 e. The van der Waals surface area contributed by atoms with Crippen LogP contribution in [0, 0.1) is 0 Å². The summed E-state index contributed by atoms with van der Waals surface area (Å²) < 4.78 is 6.86. The van der Waals surface area contributed by atoms with Gasteiger partial charge in [0.1, 0.15) is 11.5 Å². The third-order valence-corrected chi connectivity index (χ3v) is 3.92. The molecule has 0 saturated carbocycles. The molecule has 2 aromatic rings. The molecule has 0 radical (unpaired) electrons. The van der Waals surface area contributed by atoms with E-state index >= 15 is 0 Å². The molecule has 0 saturated heterocycles. The van der Waals surface area contributed by atoms with E-state index in [1.54, 1.807) is 6.07 Å². The molecule has 0 unspecified atom stereocenters. The van der Waals surface area contributed by atoms with E-state index in [-0.39, 0.29) is 0 Å². The molecule has 0 bridgehead atoms. The summed E-state index contributed by atoms with van der Waals surface area (Å²) in [6, 6.07) is 11.1. The molecule has 0 atom stereocenters. The van der Waals surface area contributed by atoms with Crippen molar-refractivity contribution in [3.63, 3.8) is 0 Å². The summed E-state index contributed by atoms with van der Waals surface area (Å²) in [7, 11) is 0. The topological polar surface area (TPSA) is 21.3 Å². The lowest BCUT2D eigenvalue weighted by molar-refractivity contribution is 0.472. The lowest BCUT2D eigenvalue weighted by Gasteiger charge is -2.13. The highest BCUT2D eigenvalue weighted by atomic mass is 79.9. The van der Waals surface area contributed by atoms with Crippen molar-refractivity contribution in [3.05, 3.63) is 56.5 Å². The third kappa shape index (κ3) is 4.89. The minimum absolute atomic E-state index is 0.570. The Morgan fingerprint density at radius 2 is 1.90 bits per heavy atom. The molecule has 2 aromatic carbocycles. The van der Waals surface area contributed by atoms with Crippen molar-refractivity contribution in [3.8, 4) is 11.5 Å². The Balaban J connectivity index is 2.24. The number of nitrogens with one attached hydrogen (secondary N) is 1. The van der Waals surface area contributed by atoms with Gasteiger partial charge in [-0.05, 0) is 49.4 Å². The molecular weight excluding hydrogens is 373 g/mol. The van der Waals surface area contributed by atoms with E-state index in [4.69, 9.17) is 27.9 Å². The zero-order chi connectivity index (χ0) is 15.2. The van der Waals surface area contributed by atoms with Crippen LogP contribution < -0.4 is 10.1 Å². The summed E-state index contributed by atoms with van der Waals surface area (Å²) in [4.78, 5) is 0. The molecule has 0 aliphatic carbocycles. The van der Waals surface area contributed by atoms with Gasteiger partial charge in [-0.25, -0.2) is 0 Å².